The molecule has 0 spiro atoms. The van der Waals surface area contributed by atoms with E-state index in [9.17, 15) is 21.6 Å². The Morgan fingerprint density at radius 1 is 1.31 bits per heavy atom. The van der Waals surface area contributed by atoms with Crippen LogP contribution in [0, 0.1) is 0 Å². The molecule has 0 saturated carbocycles. The fourth-order valence-electron chi connectivity index (χ4n) is 3.50. The molecule has 166 valence electrons. The Balaban J connectivity index is 0.000000370. The number of carboxylic acid groups (broad SMARTS) is 1. The van der Waals surface area contributed by atoms with Crippen LogP contribution in [0.2, 0.25) is 0 Å². The number of aliphatic carboxylic acids is 1. The number of carboxylic acids is 1. The standard InChI is InChI=1S/C15H26N4O2S.C2HF3O2/c1-2-11-22(20,21)18-12-14-5-7-16-19(14)15(13-18)6-10-17-8-3-4-9-17;3-2(4,5)1(6)7/h5,7,15H,2-4,6,8-13H2,1H3;(H,6,7). The highest BCUT2D eigenvalue weighted by Crippen LogP contribution is 2.26. The average molecular weight is 440 g/mol. The first-order chi connectivity index (χ1) is 13.5. The van der Waals surface area contributed by atoms with Crippen LogP contribution in [0.1, 0.15) is 44.3 Å². The largest absolute Gasteiger partial charge is 0.490 e. The molecule has 1 saturated heterocycles. The van der Waals surface area contributed by atoms with Crippen LogP contribution in [0.4, 0.5) is 13.2 Å². The number of alkyl halides is 3. The normalized spacial score (nSPS) is 20.8. The van der Waals surface area contributed by atoms with Gasteiger partial charge in [-0.05, 0) is 44.8 Å². The van der Waals surface area contributed by atoms with Crippen LogP contribution < -0.4 is 0 Å². The number of halogens is 3. The molecule has 29 heavy (non-hydrogen) atoms. The van der Waals surface area contributed by atoms with Gasteiger partial charge < -0.3 is 10.0 Å². The molecule has 1 aromatic heterocycles. The van der Waals surface area contributed by atoms with Crippen LogP contribution in [0.5, 0.6) is 0 Å². The van der Waals surface area contributed by atoms with Gasteiger partial charge in [-0.25, -0.2) is 13.2 Å². The van der Waals surface area contributed by atoms with Crippen molar-refractivity contribution in [3.05, 3.63) is 18.0 Å². The second-order valence-corrected chi connectivity index (χ2v) is 9.26. The van der Waals surface area contributed by atoms with Gasteiger partial charge in [0.15, 0.2) is 0 Å². The van der Waals surface area contributed by atoms with Crippen molar-refractivity contribution >= 4 is 16.0 Å². The summed E-state index contributed by atoms with van der Waals surface area (Å²) >= 11 is 0. The molecule has 3 rings (SSSR count). The summed E-state index contributed by atoms with van der Waals surface area (Å²) in [6.07, 6.45) is 0.904. The minimum atomic E-state index is -5.08. The molecule has 1 unspecified atom stereocenters. The predicted octanol–water partition coefficient (Wildman–Crippen LogP) is 2.10. The monoisotopic (exact) mass is 440 g/mol. The van der Waals surface area contributed by atoms with Crippen molar-refractivity contribution in [1.82, 2.24) is 19.0 Å². The Morgan fingerprint density at radius 3 is 2.48 bits per heavy atom. The van der Waals surface area contributed by atoms with E-state index in [4.69, 9.17) is 9.90 Å². The zero-order chi connectivity index (χ0) is 21.7. The Morgan fingerprint density at radius 2 is 1.93 bits per heavy atom. The van der Waals surface area contributed by atoms with Gasteiger partial charge in [-0.2, -0.15) is 22.6 Å². The zero-order valence-corrected chi connectivity index (χ0v) is 17.1. The molecule has 2 aliphatic heterocycles. The van der Waals surface area contributed by atoms with E-state index in [-0.39, 0.29) is 11.8 Å². The van der Waals surface area contributed by atoms with Crippen molar-refractivity contribution in [3.8, 4) is 0 Å². The smallest absolute Gasteiger partial charge is 0.475 e. The van der Waals surface area contributed by atoms with Crippen LogP contribution in [0.25, 0.3) is 0 Å². The molecule has 3 heterocycles. The minimum absolute atomic E-state index is 0.158. The Labute approximate surface area is 168 Å². The highest BCUT2D eigenvalue weighted by atomic mass is 32.2. The van der Waals surface area contributed by atoms with Gasteiger partial charge in [0.05, 0.1) is 24.0 Å². The summed E-state index contributed by atoms with van der Waals surface area (Å²) in [4.78, 5) is 11.4. The maximum atomic E-state index is 12.4. The summed E-state index contributed by atoms with van der Waals surface area (Å²) in [6, 6.07) is 2.10. The van der Waals surface area contributed by atoms with Crippen LogP contribution in [0.3, 0.4) is 0 Å². The number of fused-ring (bicyclic) bond motifs is 1. The number of likely N-dealkylation sites (tertiary alicyclic amines) is 1. The molecule has 0 aliphatic carbocycles. The molecule has 1 N–H and O–H groups in total. The maximum Gasteiger partial charge on any atom is 0.490 e. The summed E-state index contributed by atoms with van der Waals surface area (Å²) < 4.78 is 60.2. The van der Waals surface area contributed by atoms with Crippen LogP contribution >= 0.6 is 0 Å². The fourth-order valence-corrected chi connectivity index (χ4v) is 5.01. The van der Waals surface area contributed by atoms with E-state index in [2.05, 4.69) is 10.00 Å². The summed E-state index contributed by atoms with van der Waals surface area (Å²) in [5.74, 6) is -2.52. The molecule has 0 radical (unpaired) electrons. The lowest BCUT2D eigenvalue weighted by atomic mass is 10.1. The van der Waals surface area contributed by atoms with E-state index in [1.54, 1.807) is 10.5 Å². The molecular formula is C17H27F3N4O4S. The van der Waals surface area contributed by atoms with Crippen molar-refractivity contribution < 1.29 is 31.5 Å². The van der Waals surface area contributed by atoms with E-state index < -0.39 is 22.2 Å². The first kappa shape index (κ1) is 23.6. The summed E-state index contributed by atoms with van der Waals surface area (Å²) in [6.45, 7) is 6.32. The summed E-state index contributed by atoms with van der Waals surface area (Å²) in [5, 5.41) is 11.5. The highest BCUT2D eigenvalue weighted by Gasteiger charge is 2.38. The summed E-state index contributed by atoms with van der Waals surface area (Å²) in [5.41, 5.74) is 1.01. The third kappa shape index (κ3) is 6.68. The van der Waals surface area contributed by atoms with Gasteiger partial charge in [-0.1, -0.05) is 6.92 Å². The third-order valence-corrected chi connectivity index (χ3v) is 6.92. The van der Waals surface area contributed by atoms with Gasteiger partial charge >= 0.3 is 12.1 Å². The molecule has 0 bridgehead atoms. The molecule has 0 aromatic carbocycles. The predicted molar refractivity (Wildman–Crippen MR) is 99.7 cm³/mol. The quantitative estimate of drug-likeness (QED) is 0.728. The molecule has 12 heteroatoms. The number of rotatable bonds is 6. The molecule has 1 aromatic rings. The maximum absolute atomic E-state index is 12.4. The number of hydrogen-bond acceptors (Lipinski definition) is 5. The van der Waals surface area contributed by atoms with Crippen LogP contribution in [-0.2, 0) is 21.4 Å². The lowest BCUT2D eigenvalue weighted by molar-refractivity contribution is -0.192. The van der Waals surface area contributed by atoms with E-state index in [1.807, 2.05) is 17.7 Å². The Hall–Kier alpha value is -1.66. The van der Waals surface area contributed by atoms with Gasteiger partial charge in [-0.3, -0.25) is 4.68 Å². The van der Waals surface area contributed by atoms with E-state index in [1.165, 1.54) is 25.9 Å². The minimum Gasteiger partial charge on any atom is -0.475 e. The van der Waals surface area contributed by atoms with E-state index >= 15 is 0 Å². The SMILES string of the molecule is CCCS(=O)(=O)N1Cc2ccnn2C(CCN2CCCC2)C1.O=C(O)C(F)(F)F. The number of hydrogen-bond donors (Lipinski definition) is 1. The number of aromatic nitrogens is 2. The zero-order valence-electron chi connectivity index (χ0n) is 16.3. The van der Waals surface area contributed by atoms with Crippen molar-refractivity contribution in [2.75, 3.05) is 31.9 Å². The van der Waals surface area contributed by atoms with Gasteiger partial charge in [0.2, 0.25) is 10.0 Å². The first-order valence-corrected chi connectivity index (χ1v) is 11.2. The molecule has 2 aliphatic rings. The highest BCUT2D eigenvalue weighted by molar-refractivity contribution is 7.89. The van der Waals surface area contributed by atoms with Gasteiger partial charge in [0, 0.05) is 19.3 Å². The second-order valence-electron chi connectivity index (χ2n) is 7.17. The van der Waals surface area contributed by atoms with Gasteiger partial charge in [0.1, 0.15) is 0 Å². The molecular weight excluding hydrogens is 413 g/mol. The molecule has 1 fully saturated rings. The van der Waals surface area contributed by atoms with Crippen LogP contribution in [-0.4, -0.2) is 76.6 Å². The van der Waals surface area contributed by atoms with Crippen molar-refractivity contribution in [2.24, 2.45) is 0 Å². The third-order valence-electron chi connectivity index (χ3n) is 4.93. The van der Waals surface area contributed by atoms with E-state index in [0.717, 1.165) is 18.7 Å². The van der Waals surface area contributed by atoms with Crippen molar-refractivity contribution in [2.45, 2.75) is 51.4 Å². The Bertz CT molecular complexity index is 776. The van der Waals surface area contributed by atoms with Gasteiger partial charge in [0.25, 0.3) is 0 Å². The van der Waals surface area contributed by atoms with Crippen LogP contribution in [0.15, 0.2) is 12.3 Å². The average Bonchev–Trinajstić information content (AvgIpc) is 3.30. The summed E-state index contributed by atoms with van der Waals surface area (Å²) in [7, 11) is -3.15. The molecule has 0 amide bonds. The second kappa shape index (κ2) is 9.90. The van der Waals surface area contributed by atoms with Crippen molar-refractivity contribution in [1.29, 1.82) is 0 Å². The molecule has 1 atom stereocenters. The lowest BCUT2D eigenvalue weighted by Gasteiger charge is -2.34. The Kier molecular flexibility index (Phi) is 8.06. The van der Waals surface area contributed by atoms with E-state index in [0.29, 0.717) is 19.5 Å². The van der Waals surface area contributed by atoms with Crippen molar-refractivity contribution in [3.63, 3.8) is 0 Å². The number of nitrogens with zero attached hydrogens (tertiary/aromatic N) is 4. The van der Waals surface area contributed by atoms with Gasteiger partial charge in [-0.15, -0.1) is 0 Å². The topological polar surface area (TPSA) is 95.7 Å². The molecule has 8 nitrogen and oxygen atoms in total. The number of carbonyl (C=O) groups is 1. The first-order valence-electron chi connectivity index (χ1n) is 9.57. The lowest BCUT2D eigenvalue weighted by Crippen LogP contribution is -2.43. The number of sulfonamides is 1. The fraction of sp³-hybridized carbons (Fsp3) is 0.765.